The van der Waals surface area contributed by atoms with Gasteiger partial charge in [0.15, 0.2) is 5.82 Å². The lowest BCUT2D eigenvalue weighted by Gasteiger charge is -2.22. The first-order chi connectivity index (χ1) is 13.7. The van der Waals surface area contributed by atoms with Gasteiger partial charge in [0.25, 0.3) is 11.8 Å². The van der Waals surface area contributed by atoms with Crippen molar-refractivity contribution < 1.29 is 9.59 Å². The number of hydrogen-bond acceptors (Lipinski definition) is 4. The molecule has 1 N–H and O–H groups in total. The maximum atomic E-state index is 13.1. The number of fused-ring (bicyclic) bond motifs is 1. The molecule has 2 amide bonds. The Morgan fingerprint density at radius 2 is 2.00 bits per heavy atom. The van der Waals surface area contributed by atoms with Gasteiger partial charge in [0, 0.05) is 38.6 Å². The zero-order valence-electron chi connectivity index (χ0n) is 16.8. The lowest BCUT2D eigenvalue weighted by Crippen LogP contribution is -2.33. The van der Waals surface area contributed by atoms with Crippen LogP contribution in [0, 0.1) is 0 Å². The molecule has 2 aromatic heterocycles. The van der Waals surface area contributed by atoms with Gasteiger partial charge >= 0.3 is 0 Å². The molecule has 28 heavy (non-hydrogen) atoms. The van der Waals surface area contributed by atoms with Crippen molar-refractivity contribution in [2.75, 3.05) is 13.1 Å². The van der Waals surface area contributed by atoms with E-state index in [4.69, 9.17) is 0 Å². The summed E-state index contributed by atoms with van der Waals surface area (Å²) in [6, 6.07) is 3.75. The highest BCUT2D eigenvalue weighted by atomic mass is 16.2. The first-order valence-corrected chi connectivity index (χ1v) is 10.2. The average molecular weight is 383 g/mol. The van der Waals surface area contributed by atoms with E-state index in [1.165, 1.54) is 0 Å². The predicted octanol–water partition coefficient (Wildman–Crippen LogP) is 2.81. The van der Waals surface area contributed by atoms with Crippen molar-refractivity contribution in [1.82, 2.24) is 24.8 Å². The summed E-state index contributed by atoms with van der Waals surface area (Å²) in [5.41, 5.74) is 2.28. The molecule has 7 nitrogen and oxygen atoms in total. The van der Waals surface area contributed by atoms with E-state index < -0.39 is 0 Å². The summed E-state index contributed by atoms with van der Waals surface area (Å²) in [6.45, 7) is 6.66. The number of rotatable bonds is 8. The summed E-state index contributed by atoms with van der Waals surface area (Å²) >= 11 is 0. The molecule has 0 unspecified atom stereocenters. The molecule has 0 saturated carbocycles. The smallest absolute Gasteiger partial charge is 0.287 e. The molecular formula is C21H29N5O2. The minimum Gasteiger partial charge on any atom is -0.345 e. The Morgan fingerprint density at radius 1 is 1.21 bits per heavy atom. The van der Waals surface area contributed by atoms with Crippen LogP contribution in [-0.4, -0.2) is 44.3 Å². The standard InChI is InChI=1S/C21H29N5O2/c1-3-11-25(12-4-2)21(28)18-17-9-5-6-13-26(17)19(24-18)20(27)23-15-16-8-7-10-22-14-16/h7-8,10,14H,3-6,9,11-13,15H2,1-2H3,(H,23,27). The van der Waals surface area contributed by atoms with Crippen LogP contribution in [0.3, 0.4) is 0 Å². The molecule has 0 atom stereocenters. The second-order valence-electron chi connectivity index (χ2n) is 7.18. The Hall–Kier alpha value is -2.70. The number of hydrogen-bond donors (Lipinski definition) is 1. The fraction of sp³-hybridized carbons (Fsp3) is 0.524. The first kappa shape index (κ1) is 20.0. The van der Waals surface area contributed by atoms with Gasteiger partial charge in [0.1, 0.15) is 5.69 Å². The molecule has 3 rings (SSSR count). The maximum Gasteiger partial charge on any atom is 0.287 e. The molecular weight excluding hydrogens is 354 g/mol. The molecule has 0 aromatic carbocycles. The molecule has 0 radical (unpaired) electrons. The fourth-order valence-electron chi connectivity index (χ4n) is 3.66. The number of imidazole rings is 1. The van der Waals surface area contributed by atoms with E-state index in [9.17, 15) is 9.59 Å². The van der Waals surface area contributed by atoms with E-state index in [1.807, 2.05) is 21.6 Å². The van der Waals surface area contributed by atoms with Gasteiger partial charge in [0.05, 0.1) is 5.69 Å². The second kappa shape index (κ2) is 9.48. The van der Waals surface area contributed by atoms with E-state index in [-0.39, 0.29) is 11.8 Å². The third kappa shape index (κ3) is 4.40. The van der Waals surface area contributed by atoms with E-state index >= 15 is 0 Å². The van der Waals surface area contributed by atoms with Crippen LogP contribution in [0.1, 0.15) is 71.9 Å². The lowest BCUT2D eigenvalue weighted by molar-refractivity contribution is 0.0748. The minimum atomic E-state index is -0.247. The molecule has 0 aliphatic carbocycles. The Kier molecular flexibility index (Phi) is 6.79. The van der Waals surface area contributed by atoms with Gasteiger partial charge in [0.2, 0.25) is 0 Å². The van der Waals surface area contributed by atoms with Gasteiger partial charge < -0.3 is 14.8 Å². The van der Waals surface area contributed by atoms with Crippen molar-refractivity contribution in [1.29, 1.82) is 0 Å². The fourth-order valence-corrected chi connectivity index (χ4v) is 3.66. The average Bonchev–Trinajstić information content (AvgIpc) is 3.12. The third-order valence-electron chi connectivity index (χ3n) is 4.97. The number of carbonyl (C=O) groups excluding carboxylic acids is 2. The quantitative estimate of drug-likeness (QED) is 0.760. The van der Waals surface area contributed by atoms with Crippen molar-refractivity contribution in [3.8, 4) is 0 Å². The minimum absolute atomic E-state index is 0.0549. The van der Waals surface area contributed by atoms with E-state index in [2.05, 4.69) is 29.1 Å². The number of aromatic nitrogens is 3. The molecule has 2 aromatic rings. The molecule has 0 saturated heterocycles. The zero-order chi connectivity index (χ0) is 19.9. The van der Waals surface area contributed by atoms with Crippen LogP contribution in [0.2, 0.25) is 0 Å². The predicted molar refractivity (Wildman–Crippen MR) is 107 cm³/mol. The number of nitrogens with one attached hydrogen (secondary N) is 1. The summed E-state index contributed by atoms with van der Waals surface area (Å²) < 4.78 is 1.94. The van der Waals surface area contributed by atoms with E-state index in [0.29, 0.717) is 31.2 Å². The highest BCUT2D eigenvalue weighted by Crippen LogP contribution is 2.22. The van der Waals surface area contributed by atoms with Crippen molar-refractivity contribution in [2.24, 2.45) is 0 Å². The summed E-state index contributed by atoms with van der Waals surface area (Å²) in [4.78, 5) is 36.4. The normalized spacial score (nSPS) is 13.1. The maximum absolute atomic E-state index is 13.1. The Balaban J connectivity index is 1.84. The van der Waals surface area contributed by atoms with Gasteiger partial charge in [-0.25, -0.2) is 4.98 Å². The molecule has 7 heteroatoms. The van der Waals surface area contributed by atoms with Gasteiger partial charge in [-0.3, -0.25) is 14.6 Å². The summed E-state index contributed by atoms with van der Waals surface area (Å²) in [7, 11) is 0. The molecule has 0 fully saturated rings. The first-order valence-electron chi connectivity index (χ1n) is 10.2. The molecule has 1 aliphatic rings. The van der Waals surface area contributed by atoms with Crippen LogP contribution in [0.5, 0.6) is 0 Å². The molecule has 0 bridgehead atoms. The largest absolute Gasteiger partial charge is 0.345 e. The number of nitrogens with zero attached hydrogens (tertiary/aromatic N) is 4. The number of amides is 2. The van der Waals surface area contributed by atoms with Crippen molar-refractivity contribution in [3.05, 3.63) is 47.3 Å². The topological polar surface area (TPSA) is 80.1 Å². The molecule has 3 heterocycles. The molecule has 1 aliphatic heterocycles. The summed E-state index contributed by atoms with van der Waals surface area (Å²) in [5, 5.41) is 2.91. The highest BCUT2D eigenvalue weighted by molar-refractivity contribution is 5.97. The van der Waals surface area contributed by atoms with Crippen molar-refractivity contribution >= 4 is 11.8 Å². The van der Waals surface area contributed by atoms with Crippen LogP contribution >= 0.6 is 0 Å². The van der Waals surface area contributed by atoms with Gasteiger partial charge in [-0.1, -0.05) is 19.9 Å². The second-order valence-corrected chi connectivity index (χ2v) is 7.18. The van der Waals surface area contributed by atoms with Crippen molar-refractivity contribution in [2.45, 2.75) is 59.0 Å². The Bertz CT molecular complexity index is 810. The van der Waals surface area contributed by atoms with Gasteiger partial charge in [-0.2, -0.15) is 0 Å². The lowest BCUT2D eigenvalue weighted by atomic mass is 10.1. The summed E-state index contributed by atoms with van der Waals surface area (Å²) in [5.74, 6) is 0.0409. The van der Waals surface area contributed by atoms with Gasteiger partial charge in [-0.15, -0.1) is 0 Å². The highest BCUT2D eigenvalue weighted by Gasteiger charge is 2.29. The Labute approximate surface area is 166 Å². The third-order valence-corrected chi connectivity index (χ3v) is 4.97. The van der Waals surface area contributed by atoms with Crippen LogP contribution in [-0.2, 0) is 19.5 Å². The van der Waals surface area contributed by atoms with Crippen LogP contribution in [0.25, 0.3) is 0 Å². The number of pyridine rings is 1. The van der Waals surface area contributed by atoms with E-state index in [0.717, 1.165) is 49.9 Å². The molecule has 150 valence electrons. The monoisotopic (exact) mass is 383 g/mol. The SMILES string of the molecule is CCCN(CCC)C(=O)c1nc(C(=O)NCc2cccnc2)n2c1CCCC2. The molecule has 0 spiro atoms. The number of carbonyl (C=O) groups is 2. The van der Waals surface area contributed by atoms with E-state index in [1.54, 1.807) is 12.4 Å². The zero-order valence-corrected chi connectivity index (χ0v) is 16.8. The Morgan fingerprint density at radius 3 is 2.68 bits per heavy atom. The van der Waals surface area contributed by atoms with Crippen LogP contribution < -0.4 is 5.32 Å². The summed E-state index contributed by atoms with van der Waals surface area (Å²) in [6.07, 6.45) is 8.03. The van der Waals surface area contributed by atoms with Crippen molar-refractivity contribution in [3.63, 3.8) is 0 Å². The van der Waals surface area contributed by atoms with Gasteiger partial charge in [-0.05, 0) is 43.7 Å². The van der Waals surface area contributed by atoms with Crippen LogP contribution in [0.4, 0.5) is 0 Å². The van der Waals surface area contributed by atoms with Crippen LogP contribution in [0.15, 0.2) is 24.5 Å².